The summed E-state index contributed by atoms with van der Waals surface area (Å²) in [4.78, 5) is 0. The van der Waals surface area contributed by atoms with E-state index in [1.165, 1.54) is 5.56 Å². The van der Waals surface area contributed by atoms with Crippen LogP contribution in [-0.4, -0.2) is 18.8 Å². The molecule has 0 radical (unpaired) electrons. The molecule has 84 valence electrons. The van der Waals surface area contributed by atoms with Crippen molar-refractivity contribution in [3.63, 3.8) is 0 Å². The Hall–Kier alpha value is -1.54. The summed E-state index contributed by atoms with van der Waals surface area (Å²) < 4.78 is 5.13. The smallest absolute Gasteiger partial charge is 0.118 e. The van der Waals surface area contributed by atoms with Gasteiger partial charge in [-0.2, -0.15) is 0 Å². The van der Waals surface area contributed by atoms with Gasteiger partial charge in [0, 0.05) is 5.92 Å². The lowest BCUT2D eigenvalue weighted by atomic mass is 9.90. The Bertz CT molecular complexity index is 401. The normalized spacial score (nSPS) is 19.4. The van der Waals surface area contributed by atoms with Gasteiger partial charge in [-0.1, -0.05) is 30.4 Å². The van der Waals surface area contributed by atoms with Crippen molar-refractivity contribution in [2.24, 2.45) is 0 Å². The third-order valence-corrected chi connectivity index (χ3v) is 2.90. The van der Waals surface area contributed by atoms with Gasteiger partial charge in [-0.15, -0.1) is 0 Å². The van der Waals surface area contributed by atoms with E-state index in [4.69, 9.17) is 9.84 Å². The maximum atomic E-state index is 8.98. The summed E-state index contributed by atoms with van der Waals surface area (Å²) in [5, 5.41) is 8.98. The maximum Gasteiger partial charge on any atom is 0.118 e. The molecule has 1 aromatic rings. The highest BCUT2D eigenvalue weighted by Gasteiger charge is 2.10. The molecule has 1 aliphatic rings. The molecular formula is C14H16O2. The summed E-state index contributed by atoms with van der Waals surface area (Å²) in [5.74, 6) is 1.30. The molecule has 1 atom stereocenters. The molecule has 1 aromatic carbocycles. The Morgan fingerprint density at radius 1 is 1.31 bits per heavy atom. The van der Waals surface area contributed by atoms with E-state index in [9.17, 15) is 0 Å². The van der Waals surface area contributed by atoms with Crippen molar-refractivity contribution >= 4 is 0 Å². The van der Waals surface area contributed by atoms with Crippen LogP contribution in [-0.2, 0) is 0 Å². The Kier molecular flexibility index (Phi) is 3.42. The van der Waals surface area contributed by atoms with Crippen molar-refractivity contribution in [2.45, 2.75) is 12.3 Å². The van der Waals surface area contributed by atoms with Crippen LogP contribution in [0.25, 0.3) is 0 Å². The Labute approximate surface area is 95.9 Å². The van der Waals surface area contributed by atoms with Gasteiger partial charge in [-0.05, 0) is 29.7 Å². The van der Waals surface area contributed by atoms with E-state index < -0.39 is 0 Å². The van der Waals surface area contributed by atoms with Crippen LogP contribution in [0.5, 0.6) is 5.75 Å². The quantitative estimate of drug-likeness (QED) is 0.841. The number of allylic oxidation sites excluding steroid dienone is 2. The van der Waals surface area contributed by atoms with E-state index in [1.54, 1.807) is 7.11 Å². The van der Waals surface area contributed by atoms with Crippen LogP contribution < -0.4 is 4.74 Å². The Morgan fingerprint density at radius 2 is 2.06 bits per heavy atom. The van der Waals surface area contributed by atoms with Crippen LogP contribution in [0.15, 0.2) is 48.1 Å². The molecule has 2 rings (SSSR count). The Morgan fingerprint density at radius 3 is 2.56 bits per heavy atom. The molecule has 0 amide bonds. The molecule has 2 nitrogen and oxygen atoms in total. The third-order valence-electron chi connectivity index (χ3n) is 2.90. The van der Waals surface area contributed by atoms with Crippen LogP contribution in [0.1, 0.15) is 17.9 Å². The number of aliphatic hydroxyl groups excluding tert-OH is 1. The van der Waals surface area contributed by atoms with Gasteiger partial charge in [0.15, 0.2) is 0 Å². The lowest BCUT2D eigenvalue weighted by Crippen LogP contribution is -2.00. The van der Waals surface area contributed by atoms with Crippen molar-refractivity contribution in [2.75, 3.05) is 13.7 Å². The first-order chi connectivity index (χ1) is 7.83. The number of hydrogen-bond donors (Lipinski definition) is 1. The SMILES string of the molecule is COc1ccc(C2C=CC(CO)=CC2)cc1. The molecule has 1 aliphatic carbocycles. The topological polar surface area (TPSA) is 29.5 Å². The average Bonchev–Trinajstić information content (AvgIpc) is 2.39. The van der Waals surface area contributed by atoms with E-state index in [0.717, 1.165) is 17.7 Å². The van der Waals surface area contributed by atoms with Crippen molar-refractivity contribution in [1.82, 2.24) is 0 Å². The molecule has 0 aliphatic heterocycles. The van der Waals surface area contributed by atoms with Crippen molar-refractivity contribution in [1.29, 1.82) is 0 Å². The summed E-state index contributed by atoms with van der Waals surface area (Å²) >= 11 is 0. The maximum absolute atomic E-state index is 8.98. The molecule has 1 unspecified atom stereocenters. The van der Waals surface area contributed by atoms with Gasteiger partial charge in [0.05, 0.1) is 13.7 Å². The molecule has 0 fully saturated rings. The summed E-state index contributed by atoms with van der Waals surface area (Å²) in [6.07, 6.45) is 7.19. The van der Waals surface area contributed by atoms with Crippen LogP contribution in [0.4, 0.5) is 0 Å². The summed E-state index contributed by atoms with van der Waals surface area (Å²) in [5.41, 5.74) is 2.29. The van der Waals surface area contributed by atoms with E-state index in [0.29, 0.717) is 5.92 Å². The van der Waals surface area contributed by atoms with Crippen LogP contribution in [0.3, 0.4) is 0 Å². The Balaban J connectivity index is 2.09. The molecule has 0 spiro atoms. The largest absolute Gasteiger partial charge is 0.497 e. The molecule has 0 saturated carbocycles. The number of hydrogen-bond acceptors (Lipinski definition) is 2. The fourth-order valence-corrected chi connectivity index (χ4v) is 1.88. The zero-order chi connectivity index (χ0) is 11.4. The zero-order valence-corrected chi connectivity index (χ0v) is 9.39. The van der Waals surface area contributed by atoms with Gasteiger partial charge < -0.3 is 9.84 Å². The lowest BCUT2D eigenvalue weighted by Gasteiger charge is -2.16. The van der Waals surface area contributed by atoms with Crippen LogP contribution in [0.2, 0.25) is 0 Å². The first-order valence-corrected chi connectivity index (χ1v) is 5.45. The molecular weight excluding hydrogens is 200 g/mol. The summed E-state index contributed by atoms with van der Waals surface area (Å²) in [6.45, 7) is 0.131. The molecule has 1 N–H and O–H groups in total. The van der Waals surface area contributed by atoms with Gasteiger partial charge in [0.2, 0.25) is 0 Å². The molecule has 2 heteroatoms. The fraction of sp³-hybridized carbons (Fsp3) is 0.286. The molecule has 16 heavy (non-hydrogen) atoms. The van der Waals surface area contributed by atoms with Crippen molar-refractivity contribution in [3.05, 3.63) is 53.6 Å². The second-order valence-electron chi connectivity index (χ2n) is 3.91. The summed E-state index contributed by atoms with van der Waals surface area (Å²) in [6, 6.07) is 8.14. The predicted octanol–water partition coefficient (Wildman–Crippen LogP) is 2.66. The van der Waals surface area contributed by atoms with Gasteiger partial charge in [0.25, 0.3) is 0 Å². The highest BCUT2D eigenvalue weighted by molar-refractivity contribution is 5.35. The number of benzene rings is 1. The van der Waals surface area contributed by atoms with Gasteiger partial charge in [0.1, 0.15) is 5.75 Å². The fourth-order valence-electron chi connectivity index (χ4n) is 1.88. The standard InChI is InChI=1S/C14H16O2/c1-16-14-8-6-13(7-9-14)12-4-2-11(10-15)3-5-12/h2-4,6-9,12,15H,5,10H2,1H3. The first-order valence-electron chi connectivity index (χ1n) is 5.45. The van der Waals surface area contributed by atoms with E-state index in [-0.39, 0.29) is 6.61 Å². The first kappa shape index (κ1) is 11.0. The van der Waals surface area contributed by atoms with E-state index in [2.05, 4.69) is 24.3 Å². The molecule has 0 saturated heterocycles. The highest BCUT2D eigenvalue weighted by Crippen LogP contribution is 2.27. The molecule has 0 bridgehead atoms. The monoisotopic (exact) mass is 216 g/mol. The molecule has 0 aromatic heterocycles. The minimum absolute atomic E-state index is 0.131. The summed E-state index contributed by atoms with van der Waals surface area (Å²) in [7, 11) is 1.67. The predicted molar refractivity (Wildman–Crippen MR) is 64.7 cm³/mol. The lowest BCUT2D eigenvalue weighted by molar-refractivity contribution is 0.334. The van der Waals surface area contributed by atoms with Gasteiger partial charge in [-0.25, -0.2) is 0 Å². The number of rotatable bonds is 3. The third kappa shape index (κ3) is 2.34. The second kappa shape index (κ2) is 4.99. The highest BCUT2D eigenvalue weighted by atomic mass is 16.5. The molecule has 0 heterocycles. The van der Waals surface area contributed by atoms with Gasteiger partial charge in [-0.3, -0.25) is 0 Å². The number of ether oxygens (including phenoxy) is 1. The van der Waals surface area contributed by atoms with Crippen LogP contribution in [0, 0.1) is 0 Å². The minimum atomic E-state index is 0.131. The average molecular weight is 216 g/mol. The van der Waals surface area contributed by atoms with Crippen molar-refractivity contribution in [3.8, 4) is 5.75 Å². The zero-order valence-electron chi connectivity index (χ0n) is 9.39. The van der Waals surface area contributed by atoms with Crippen molar-refractivity contribution < 1.29 is 9.84 Å². The second-order valence-corrected chi connectivity index (χ2v) is 3.91. The number of methoxy groups -OCH3 is 1. The van der Waals surface area contributed by atoms with E-state index in [1.807, 2.05) is 18.2 Å². The number of aliphatic hydroxyl groups is 1. The minimum Gasteiger partial charge on any atom is -0.497 e. The van der Waals surface area contributed by atoms with Gasteiger partial charge >= 0.3 is 0 Å². The van der Waals surface area contributed by atoms with Crippen LogP contribution >= 0.6 is 0 Å². The van der Waals surface area contributed by atoms with E-state index >= 15 is 0 Å².